The van der Waals surface area contributed by atoms with Gasteiger partial charge in [-0.2, -0.15) is 0 Å². The molecule has 0 aromatic heterocycles. The van der Waals surface area contributed by atoms with Crippen LogP contribution in [0.1, 0.15) is 31.2 Å². The van der Waals surface area contributed by atoms with Crippen LogP contribution >= 0.6 is 0 Å². The van der Waals surface area contributed by atoms with Gasteiger partial charge in [0.05, 0.1) is 11.0 Å². The minimum atomic E-state index is -3.67. The molecule has 1 aromatic rings. The Balaban J connectivity index is 1.71. The first-order valence-corrected chi connectivity index (χ1v) is 9.23. The van der Waals surface area contributed by atoms with Gasteiger partial charge in [0, 0.05) is 12.6 Å². The highest BCUT2D eigenvalue weighted by Gasteiger charge is 2.20. The lowest BCUT2D eigenvalue weighted by molar-refractivity contribution is 0.117. The van der Waals surface area contributed by atoms with E-state index < -0.39 is 10.0 Å². The topological polar surface area (TPSA) is 122 Å². The minimum absolute atomic E-state index is 0.0754. The number of hydrogen-bond donors (Lipinski definition) is 4. The molecule has 0 bridgehead atoms. The van der Waals surface area contributed by atoms with Gasteiger partial charge in [-0.15, -0.1) is 0 Å². The van der Waals surface area contributed by atoms with Gasteiger partial charge in [-0.1, -0.05) is 12.1 Å². The number of urea groups is 1. The number of aliphatic hydroxyl groups is 1. The molecule has 2 rings (SSSR count). The summed E-state index contributed by atoms with van der Waals surface area (Å²) in [4.78, 5) is 11.9. The first-order valence-electron chi connectivity index (χ1n) is 7.69. The smallest absolute Gasteiger partial charge is 0.315 e. The molecule has 1 aliphatic rings. The molecule has 2 amide bonds. The van der Waals surface area contributed by atoms with Crippen LogP contribution in [0.15, 0.2) is 29.2 Å². The van der Waals surface area contributed by atoms with Crippen molar-refractivity contribution >= 4 is 16.1 Å². The van der Waals surface area contributed by atoms with Gasteiger partial charge in [-0.25, -0.2) is 18.4 Å². The summed E-state index contributed by atoms with van der Waals surface area (Å²) in [7, 11) is -3.67. The second-order valence-electron chi connectivity index (χ2n) is 5.84. The number of primary sulfonamides is 1. The molecule has 0 atom stereocenters. The fourth-order valence-electron chi connectivity index (χ4n) is 2.62. The van der Waals surface area contributed by atoms with E-state index in [0.717, 1.165) is 31.2 Å². The third kappa shape index (κ3) is 5.81. The Kier molecular flexibility index (Phi) is 5.97. The molecule has 7 nitrogen and oxygen atoms in total. The van der Waals surface area contributed by atoms with Gasteiger partial charge >= 0.3 is 6.03 Å². The van der Waals surface area contributed by atoms with Crippen molar-refractivity contribution in [2.75, 3.05) is 6.54 Å². The fraction of sp³-hybridized carbons (Fsp3) is 0.533. The van der Waals surface area contributed by atoms with E-state index in [-0.39, 0.29) is 23.1 Å². The Bertz CT molecular complexity index is 623. The maximum atomic E-state index is 11.8. The third-order valence-corrected chi connectivity index (χ3v) is 4.91. The summed E-state index contributed by atoms with van der Waals surface area (Å²) >= 11 is 0. The summed E-state index contributed by atoms with van der Waals surface area (Å²) in [6.45, 7) is 0.454. The van der Waals surface area contributed by atoms with Crippen molar-refractivity contribution in [3.05, 3.63) is 29.8 Å². The Hall–Kier alpha value is -1.64. The monoisotopic (exact) mass is 341 g/mol. The van der Waals surface area contributed by atoms with Crippen LogP contribution in [0.2, 0.25) is 0 Å². The molecule has 1 saturated carbocycles. The van der Waals surface area contributed by atoms with Gasteiger partial charge in [-0.3, -0.25) is 0 Å². The predicted octanol–water partition coefficient (Wildman–Crippen LogP) is 0.479. The lowest BCUT2D eigenvalue weighted by Gasteiger charge is -2.26. The molecule has 5 N–H and O–H groups in total. The van der Waals surface area contributed by atoms with Crippen LogP contribution < -0.4 is 15.8 Å². The van der Waals surface area contributed by atoms with E-state index in [1.165, 1.54) is 12.1 Å². The maximum Gasteiger partial charge on any atom is 0.315 e. The largest absolute Gasteiger partial charge is 0.393 e. The second-order valence-corrected chi connectivity index (χ2v) is 7.41. The van der Waals surface area contributed by atoms with Crippen LogP contribution in [-0.2, 0) is 16.4 Å². The van der Waals surface area contributed by atoms with Crippen molar-refractivity contribution in [1.29, 1.82) is 0 Å². The Morgan fingerprint density at radius 1 is 1.17 bits per heavy atom. The van der Waals surface area contributed by atoms with E-state index in [4.69, 9.17) is 5.14 Å². The number of aliphatic hydroxyl groups excluding tert-OH is 1. The van der Waals surface area contributed by atoms with Crippen molar-refractivity contribution in [1.82, 2.24) is 10.6 Å². The number of nitrogens with one attached hydrogen (secondary N) is 2. The normalized spacial score (nSPS) is 21.7. The van der Waals surface area contributed by atoms with Crippen molar-refractivity contribution < 1.29 is 18.3 Å². The van der Waals surface area contributed by atoms with Crippen molar-refractivity contribution in [3.63, 3.8) is 0 Å². The molecule has 1 fully saturated rings. The highest BCUT2D eigenvalue weighted by atomic mass is 32.2. The first-order chi connectivity index (χ1) is 10.8. The molecule has 0 aliphatic heterocycles. The lowest BCUT2D eigenvalue weighted by atomic mass is 9.93. The molecule has 128 valence electrons. The Morgan fingerprint density at radius 2 is 1.78 bits per heavy atom. The van der Waals surface area contributed by atoms with Crippen LogP contribution in [0.3, 0.4) is 0 Å². The summed E-state index contributed by atoms with van der Waals surface area (Å²) in [5.74, 6) is 0. The van der Waals surface area contributed by atoms with E-state index >= 15 is 0 Å². The first kappa shape index (κ1) is 17.7. The van der Waals surface area contributed by atoms with Crippen LogP contribution in [0.4, 0.5) is 4.79 Å². The Morgan fingerprint density at radius 3 is 2.35 bits per heavy atom. The number of amides is 2. The van der Waals surface area contributed by atoms with E-state index in [1.807, 2.05) is 0 Å². The second kappa shape index (κ2) is 7.76. The molecule has 0 heterocycles. The molecular weight excluding hydrogens is 318 g/mol. The van der Waals surface area contributed by atoms with Gasteiger partial charge in [-0.05, 0) is 49.8 Å². The predicted molar refractivity (Wildman–Crippen MR) is 86.3 cm³/mol. The zero-order valence-corrected chi connectivity index (χ0v) is 13.7. The van der Waals surface area contributed by atoms with Gasteiger partial charge in [0.25, 0.3) is 0 Å². The zero-order chi connectivity index (χ0) is 16.9. The van der Waals surface area contributed by atoms with Gasteiger partial charge in [0.15, 0.2) is 0 Å². The lowest BCUT2D eigenvalue weighted by Crippen LogP contribution is -2.44. The summed E-state index contributed by atoms with van der Waals surface area (Å²) in [5, 5.41) is 20.1. The summed E-state index contributed by atoms with van der Waals surface area (Å²) in [6, 6.07) is 6.18. The molecule has 0 saturated heterocycles. The van der Waals surface area contributed by atoms with Gasteiger partial charge in [0.1, 0.15) is 0 Å². The number of nitrogens with two attached hydrogens (primary N) is 1. The number of hydrogen-bond acceptors (Lipinski definition) is 4. The minimum Gasteiger partial charge on any atom is -0.393 e. The van der Waals surface area contributed by atoms with Crippen molar-refractivity contribution in [2.45, 2.75) is 49.1 Å². The van der Waals surface area contributed by atoms with Gasteiger partial charge in [0.2, 0.25) is 10.0 Å². The number of benzene rings is 1. The van der Waals surface area contributed by atoms with Crippen LogP contribution in [0, 0.1) is 0 Å². The standard InChI is InChI=1S/C15H23N3O4S/c16-23(21,22)14-7-1-11(2-8-14)9-10-17-15(20)18-12-3-5-13(19)6-4-12/h1-2,7-8,12-13,19H,3-6,9-10H2,(H2,16,21,22)(H2,17,18,20). The van der Waals surface area contributed by atoms with E-state index in [1.54, 1.807) is 12.1 Å². The number of carbonyl (C=O) groups excluding carboxylic acids is 1. The quantitative estimate of drug-likeness (QED) is 0.622. The highest BCUT2D eigenvalue weighted by Crippen LogP contribution is 2.18. The van der Waals surface area contributed by atoms with Crippen LogP contribution in [0.25, 0.3) is 0 Å². The van der Waals surface area contributed by atoms with E-state index in [2.05, 4.69) is 10.6 Å². The maximum absolute atomic E-state index is 11.8. The zero-order valence-electron chi connectivity index (χ0n) is 12.9. The molecule has 23 heavy (non-hydrogen) atoms. The molecular formula is C15H23N3O4S. The average Bonchev–Trinajstić information content (AvgIpc) is 2.49. The molecule has 0 radical (unpaired) electrons. The molecule has 0 unspecified atom stereocenters. The molecule has 0 spiro atoms. The third-order valence-electron chi connectivity index (χ3n) is 3.98. The average molecular weight is 341 g/mol. The van der Waals surface area contributed by atoms with Crippen LogP contribution in [0.5, 0.6) is 0 Å². The van der Waals surface area contributed by atoms with Gasteiger partial charge < -0.3 is 15.7 Å². The molecule has 8 heteroatoms. The van der Waals surface area contributed by atoms with Crippen molar-refractivity contribution in [3.8, 4) is 0 Å². The summed E-state index contributed by atoms with van der Waals surface area (Å²) in [6.07, 6.45) is 3.40. The SMILES string of the molecule is NS(=O)(=O)c1ccc(CCNC(=O)NC2CCC(O)CC2)cc1. The van der Waals surface area contributed by atoms with E-state index in [0.29, 0.717) is 13.0 Å². The van der Waals surface area contributed by atoms with Crippen molar-refractivity contribution in [2.24, 2.45) is 5.14 Å². The number of sulfonamides is 1. The van der Waals surface area contributed by atoms with Crippen LogP contribution in [-0.4, -0.2) is 38.2 Å². The highest BCUT2D eigenvalue weighted by molar-refractivity contribution is 7.89. The summed E-state index contributed by atoms with van der Waals surface area (Å²) in [5.41, 5.74) is 0.915. The number of carbonyl (C=O) groups is 1. The van der Waals surface area contributed by atoms with E-state index in [9.17, 15) is 18.3 Å². The number of rotatable bonds is 5. The molecule has 1 aromatic carbocycles. The fourth-order valence-corrected chi connectivity index (χ4v) is 3.14. The Labute approximate surface area is 136 Å². The molecule has 1 aliphatic carbocycles. The summed E-state index contributed by atoms with van der Waals surface area (Å²) < 4.78 is 22.3.